The number of nitrogens with zero attached hydrogens (tertiary/aromatic N) is 5. The van der Waals surface area contributed by atoms with Gasteiger partial charge in [-0.25, -0.2) is 23.9 Å². The number of halogens is 1. The Labute approximate surface area is 210 Å². The maximum Gasteiger partial charge on any atom is 0.300 e. The van der Waals surface area contributed by atoms with Crippen LogP contribution in [0.2, 0.25) is 0 Å². The summed E-state index contributed by atoms with van der Waals surface area (Å²) in [5.41, 5.74) is 2.63. The van der Waals surface area contributed by atoms with Gasteiger partial charge in [0.05, 0.1) is 16.6 Å². The maximum absolute atomic E-state index is 15.5. The smallest absolute Gasteiger partial charge is 0.300 e. The number of fused-ring (bicyclic) bond motifs is 2. The first-order valence-corrected chi connectivity index (χ1v) is 11.6. The van der Waals surface area contributed by atoms with Gasteiger partial charge in [-0.05, 0) is 67.6 Å². The van der Waals surface area contributed by atoms with Gasteiger partial charge in [0.2, 0.25) is 0 Å². The number of carbonyl (C=O) groups is 1. The molecule has 1 amide bonds. The zero-order valence-corrected chi connectivity index (χ0v) is 19.7. The molecule has 9 nitrogen and oxygen atoms in total. The highest BCUT2D eigenvalue weighted by atomic mass is 19.1. The molecular weight excluding hydrogens is 473 g/mol. The van der Waals surface area contributed by atoms with Gasteiger partial charge in [0.25, 0.3) is 5.91 Å². The van der Waals surface area contributed by atoms with E-state index >= 15 is 4.39 Å². The van der Waals surface area contributed by atoms with Crippen LogP contribution in [-0.4, -0.2) is 30.5 Å². The summed E-state index contributed by atoms with van der Waals surface area (Å²) >= 11 is 0. The first-order chi connectivity index (χ1) is 18.0. The third-order valence-corrected chi connectivity index (χ3v) is 5.87. The van der Waals surface area contributed by atoms with Crippen molar-refractivity contribution in [3.63, 3.8) is 0 Å². The number of nitrogens with one attached hydrogen (secondary N) is 2. The van der Waals surface area contributed by atoms with E-state index < -0.39 is 11.7 Å². The van der Waals surface area contributed by atoms with E-state index in [1.165, 1.54) is 18.7 Å². The topological polar surface area (TPSA) is 106 Å². The molecule has 0 spiro atoms. The van der Waals surface area contributed by atoms with Crippen molar-refractivity contribution in [3.05, 3.63) is 72.7 Å². The summed E-state index contributed by atoms with van der Waals surface area (Å²) in [7, 11) is 0. The molecule has 37 heavy (non-hydrogen) atoms. The molecule has 1 saturated carbocycles. The molecule has 1 aliphatic carbocycles. The van der Waals surface area contributed by atoms with Crippen LogP contribution in [0, 0.1) is 30.5 Å². The van der Waals surface area contributed by atoms with E-state index in [4.69, 9.17) is 4.74 Å². The second kappa shape index (κ2) is 9.20. The van der Waals surface area contributed by atoms with Gasteiger partial charge in [0, 0.05) is 23.9 Å². The molecule has 10 heteroatoms. The summed E-state index contributed by atoms with van der Waals surface area (Å²) in [6.45, 7) is 1.91. The van der Waals surface area contributed by atoms with Crippen LogP contribution in [0.15, 0.2) is 61.3 Å². The molecule has 0 unspecified atom stereocenters. The molecule has 2 N–H and O–H groups in total. The van der Waals surface area contributed by atoms with Crippen LogP contribution in [-0.2, 0) is 4.79 Å². The van der Waals surface area contributed by atoms with Gasteiger partial charge in [0.1, 0.15) is 30.0 Å². The fourth-order valence-corrected chi connectivity index (χ4v) is 3.82. The quantitative estimate of drug-likeness (QED) is 0.332. The minimum absolute atomic E-state index is 0.0185. The summed E-state index contributed by atoms with van der Waals surface area (Å²) in [5.74, 6) is 6.04. The van der Waals surface area contributed by atoms with E-state index in [0.717, 1.165) is 18.4 Å². The fraction of sp³-hybridized carbons (Fsp3) is 0.148. The fourth-order valence-electron chi connectivity index (χ4n) is 3.82. The van der Waals surface area contributed by atoms with Crippen molar-refractivity contribution in [2.75, 3.05) is 10.6 Å². The van der Waals surface area contributed by atoms with Crippen molar-refractivity contribution in [2.45, 2.75) is 19.8 Å². The predicted octanol–water partition coefficient (Wildman–Crippen LogP) is 5.01. The second-order valence-electron chi connectivity index (χ2n) is 8.67. The molecule has 0 atom stereocenters. The van der Waals surface area contributed by atoms with E-state index in [2.05, 4.69) is 42.5 Å². The predicted molar refractivity (Wildman–Crippen MR) is 136 cm³/mol. The SMILES string of the molecule is Cc1cc(Nc2ncnc3ccc(NC(=O)C#CC4CC4)c(F)c23)ccc1Oc1ccn2ncnc2c1. The lowest BCUT2D eigenvalue weighted by Crippen LogP contribution is -2.10. The Kier molecular flexibility index (Phi) is 5.58. The summed E-state index contributed by atoms with van der Waals surface area (Å²) in [6, 6.07) is 12.2. The van der Waals surface area contributed by atoms with E-state index in [9.17, 15) is 4.79 Å². The number of aryl methyl sites for hydroxylation is 1. The molecule has 0 saturated heterocycles. The highest BCUT2D eigenvalue weighted by Gasteiger charge is 2.19. The first kappa shape index (κ1) is 22.4. The van der Waals surface area contributed by atoms with Crippen molar-refractivity contribution >= 4 is 39.6 Å². The van der Waals surface area contributed by atoms with Crippen LogP contribution >= 0.6 is 0 Å². The van der Waals surface area contributed by atoms with Gasteiger partial charge in [-0.2, -0.15) is 5.10 Å². The highest BCUT2D eigenvalue weighted by Crippen LogP contribution is 2.32. The van der Waals surface area contributed by atoms with Crippen molar-refractivity contribution in [2.24, 2.45) is 5.92 Å². The average Bonchev–Trinajstić information content (AvgIpc) is 3.61. The van der Waals surface area contributed by atoms with Crippen LogP contribution in [0.3, 0.4) is 0 Å². The third kappa shape index (κ3) is 4.75. The molecule has 182 valence electrons. The Morgan fingerprint density at radius 1 is 1.11 bits per heavy atom. The Bertz CT molecular complexity index is 1730. The summed E-state index contributed by atoms with van der Waals surface area (Å²) in [6.07, 6.45) is 6.61. The molecule has 0 bridgehead atoms. The Hall–Kier alpha value is -5.04. The maximum atomic E-state index is 15.5. The minimum Gasteiger partial charge on any atom is -0.457 e. The molecule has 1 aliphatic rings. The zero-order chi connectivity index (χ0) is 25.4. The van der Waals surface area contributed by atoms with Crippen molar-refractivity contribution < 1.29 is 13.9 Å². The minimum atomic E-state index is -0.636. The largest absolute Gasteiger partial charge is 0.457 e. The van der Waals surface area contributed by atoms with Crippen molar-refractivity contribution in [1.82, 2.24) is 24.6 Å². The Balaban J connectivity index is 1.25. The van der Waals surface area contributed by atoms with Gasteiger partial charge in [-0.1, -0.05) is 5.92 Å². The molecule has 6 rings (SSSR count). The number of carbonyl (C=O) groups excluding carboxylic acids is 1. The van der Waals surface area contributed by atoms with Crippen molar-refractivity contribution in [1.29, 1.82) is 0 Å². The van der Waals surface area contributed by atoms with Gasteiger partial charge in [-0.15, -0.1) is 0 Å². The number of aromatic nitrogens is 5. The lowest BCUT2D eigenvalue weighted by atomic mass is 10.1. The number of ether oxygens (including phenoxy) is 1. The number of hydrogen-bond donors (Lipinski definition) is 2. The molecular formula is C27H20FN7O2. The number of rotatable bonds is 5. The number of pyridine rings is 1. The molecule has 0 radical (unpaired) electrons. The van der Waals surface area contributed by atoms with E-state index in [1.54, 1.807) is 28.9 Å². The van der Waals surface area contributed by atoms with Crippen LogP contribution in [0.1, 0.15) is 18.4 Å². The molecule has 1 fully saturated rings. The first-order valence-electron chi connectivity index (χ1n) is 11.6. The van der Waals surface area contributed by atoms with Gasteiger partial charge in [0.15, 0.2) is 11.5 Å². The third-order valence-electron chi connectivity index (χ3n) is 5.87. The number of benzene rings is 2. The van der Waals surface area contributed by atoms with Gasteiger partial charge >= 0.3 is 0 Å². The molecule has 2 aromatic carbocycles. The number of anilines is 3. The monoisotopic (exact) mass is 493 g/mol. The molecule has 3 aromatic heterocycles. The lowest BCUT2D eigenvalue weighted by molar-refractivity contribution is -0.111. The van der Waals surface area contributed by atoms with E-state index in [1.807, 2.05) is 25.1 Å². The zero-order valence-electron chi connectivity index (χ0n) is 19.7. The van der Waals surface area contributed by atoms with Crippen molar-refractivity contribution in [3.8, 4) is 23.3 Å². The van der Waals surface area contributed by atoms with Crippen LogP contribution in [0.5, 0.6) is 11.5 Å². The molecule has 5 aromatic rings. The van der Waals surface area contributed by atoms with Gasteiger partial charge < -0.3 is 15.4 Å². The van der Waals surface area contributed by atoms with E-state index in [-0.39, 0.29) is 22.8 Å². The standard InChI is InChI=1S/C27H20FN7O2/c1-16-12-18(5-8-22(16)37-19-10-11-35-23(13-19)30-15-32-35)33-27-25-20(29-14-31-27)6-7-21(26(25)28)34-24(36)9-4-17-2-3-17/h5-8,10-15,17H,2-3H2,1H3,(H,34,36)(H,29,31,33). The number of hydrogen-bond acceptors (Lipinski definition) is 7. The number of amides is 1. The van der Waals surface area contributed by atoms with Crippen LogP contribution in [0.25, 0.3) is 16.6 Å². The summed E-state index contributed by atoms with van der Waals surface area (Å²) < 4.78 is 23.1. The Morgan fingerprint density at radius 3 is 2.84 bits per heavy atom. The lowest BCUT2D eigenvalue weighted by Gasteiger charge is -2.13. The summed E-state index contributed by atoms with van der Waals surface area (Å²) in [4.78, 5) is 24.7. The normalized spacial score (nSPS) is 12.7. The van der Waals surface area contributed by atoms with Gasteiger partial charge in [-0.3, -0.25) is 4.79 Å². The highest BCUT2D eigenvalue weighted by molar-refractivity contribution is 6.05. The summed E-state index contributed by atoms with van der Waals surface area (Å²) in [5, 5.41) is 9.93. The Morgan fingerprint density at radius 2 is 2.00 bits per heavy atom. The second-order valence-corrected chi connectivity index (χ2v) is 8.67. The molecule has 3 heterocycles. The molecule has 0 aliphatic heterocycles. The van der Waals surface area contributed by atoms with E-state index in [0.29, 0.717) is 28.4 Å². The van der Waals surface area contributed by atoms with Crippen LogP contribution in [0.4, 0.5) is 21.6 Å². The average molecular weight is 494 g/mol. The van der Waals surface area contributed by atoms with Crippen LogP contribution < -0.4 is 15.4 Å².